The van der Waals surface area contributed by atoms with E-state index in [9.17, 15) is 0 Å². The topological polar surface area (TPSA) is 55.0 Å². The molecule has 0 saturated carbocycles. The van der Waals surface area contributed by atoms with E-state index in [1.807, 2.05) is 24.3 Å². The number of pyridine rings is 2. The summed E-state index contributed by atoms with van der Waals surface area (Å²) in [5, 5.41) is 0. The van der Waals surface area contributed by atoms with Crippen molar-refractivity contribution in [3.05, 3.63) is 54.0 Å². The molecular formula is C14H16N4S. The summed E-state index contributed by atoms with van der Waals surface area (Å²) in [6, 6.07) is 7.86. The zero-order valence-corrected chi connectivity index (χ0v) is 11.6. The maximum absolute atomic E-state index is 5.57. The Labute approximate surface area is 118 Å². The van der Waals surface area contributed by atoms with Crippen molar-refractivity contribution < 1.29 is 0 Å². The number of rotatable bonds is 5. The Balaban J connectivity index is 2.15. The number of nitrogens with two attached hydrogens (primary N) is 1. The first kappa shape index (κ1) is 13.4. The van der Waals surface area contributed by atoms with E-state index in [4.69, 9.17) is 18.0 Å². The highest BCUT2D eigenvalue weighted by atomic mass is 32.1. The summed E-state index contributed by atoms with van der Waals surface area (Å²) < 4.78 is 0. The summed E-state index contributed by atoms with van der Waals surface area (Å²) in [6.07, 6.45) is 5.31. The lowest BCUT2D eigenvalue weighted by molar-refractivity contribution is 0.812. The maximum atomic E-state index is 5.57. The summed E-state index contributed by atoms with van der Waals surface area (Å²) in [4.78, 5) is 11.0. The number of hydrogen-bond donors (Lipinski definition) is 1. The van der Waals surface area contributed by atoms with E-state index >= 15 is 0 Å². The predicted octanol–water partition coefficient (Wildman–Crippen LogP) is 2.14. The molecule has 0 amide bonds. The maximum Gasteiger partial charge on any atom is 0.128 e. The third kappa shape index (κ3) is 3.48. The Bertz CT molecular complexity index is 539. The first-order chi connectivity index (χ1) is 9.20. The first-order valence-electron chi connectivity index (χ1n) is 6.10. The molecule has 0 unspecified atom stereocenters. The summed E-state index contributed by atoms with van der Waals surface area (Å²) in [5.41, 5.74) is 7.56. The predicted molar refractivity (Wildman–Crippen MR) is 81.1 cm³/mol. The van der Waals surface area contributed by atoms with E-state index in [0.717, 1.165) is 24.5 Å². The minimum absolute atomic E-state index is 0.372. The van der Waals surface area contributed by atoms with Crippen LogP contribution in [0.25, 0.3) is 0 Å². The summed E-state index contributed by atoms with van der Waals surface area (Å²) in [6.45, 7) is 3.78. The fourth-order valence-corrected chi connectivity index (χ4v) is 1.90. The average molecular weight is 272 g/mol. The van der Waals surface area contributed by atoms with Gasteiger partial charge < -0.3 is 10.6 Å². The minimum Gasteiger partial charge on any atom is -0.389 e. The second-order valence-corrected chi connectivity index (χ2v) is 4.58. The highest BCUT2D eigenvalue weighted by molar-refractivity contribution is 7.80. The fourth-order valence-electron chi connectivity index (χ4n) is 1.78. The van der Waals surface area contributed by atoms with E-state index in [0.29, 0.717) is 4.99 Å². The van der Waals surface area contributed by atoms with Crippen LogP contribution in [0.3, 0.4) is 0 Å². The van der Waals surface area contributed by atoms with Gasteiger partial charge in [0.15, 0.2) is 0 Å². The third-order valence-electron chi connectivity index (χ3n) is 2.86. The van der Waals surface area contributed by atoms with Gasteiger partial charge in [-0.15, -0.1) is 0 Å². The molecule has 98 valence electrons. The van der Waals surface area contributed by atoms with Crippen LogP contribution in [0.15, 0.2) is 42.9 Å². The van der Waals surface area contributed by atoms with Crippen molar-refractivity contribution >= 4 is 23.0 Å². The van der Waals surface area contributed by atoms with Crippen molar-refractivity contribution in [2.45, 2.75) is 13.5 Å². The monoisotopic (exact) mass is 272 g/mol. The molecule has 0 spiro atoms. The van der Waals surface area contributed by atoms with Crippen molar-refractivity contribution in [2.75, 3.05) is 11.4 Å². The van der Waals surface area contributed by atoms with Crippen molar-refractivity contribution in [2.24, 2.45) is 5.73 Å². The summed E-state index contributed by atoms with van der Waals surface area (Å²) >= 11 is 4.92. The second kappa shape index (κ2) is 6.24. The fraction of sp³-hybridized carbons (Fsp3) is 0.214. The van der Waals surface area contributed by atoms with Gasteiger partial charge in [-0.3, -0.25) is 4.98 Å². The van der Waals surface area contributed by atoms with Crippen LogP contribution < -0.4 is 10.6 Å². The summed E-state index contributed by atoms with van der Waals surface area (Å²) in [5.74, 6) is 0.916. The molecule has 0 bridgehead atoms. The van der Waals surface area contributed by atoms with Crippen molar-refractivity contribution in [3.63, 3.8) is 0 Å². The number of thiocarbonyl (C=S) groups is 1. The standard InChI is InChI=1S/C14H16N4S/c1-2-18(10-11-5-7-16-8-6-11)13-4-3-12(9-17-13)14(15)19/h3-9H,2,10H2,1H3,(H2,15,19). The van der Waals surface area contributed by atoms with Crippen molar-refractivity contribution in [3.8, 4) is 0 Å². The van der Waals surface area contributed by atoms with Crippen LogP contribution in [0, 0.1) is 0 Å². The van der Waals surface area contributed by atoms with Gasteiger partial charge in [-0.1, -0.05) is 12.2 Å². The Morgan fingerprint density at radius 1 is 1.26 bits per heavy atom. The van der Waals surface area contributed by atoms with E-state index in [-0.39, 0.29) is 0 Å². The SMILES string of the molecule is CCN(Cc1ccncc1)c1ccc(C(N)=S)cn1. The molecule has 2 aromatic rings. The Kier molecular flexibility index (Phi) is 4.41. The quantitative estimate of drug-likeness (QED) is 0.845. The molecule has 0 radical (unpaired) electrons. The molecule has 5 heteroatoms. The molecule has 2 rings (SSSR count). The third-order valence-corrected chi connectivity index (χ3v) is 3.10. The number of aromatic nitrogens is 2. The molecule has 0 saturated heterocycles. The smallest absolute Gasteiger partial charge is 0.128 e. The highest BCUT2D eigenvalue weighted by Gasteiger charge is 2.07. The van der Waals surface area contributed by atoms with E-state index in [1.165, 1.54) is 5.56 Å². The molecule has 4 nitrogen and oxygen atoms in total. The van der Waals surface area contributed by atoms with Gasteiger partial charge in [-0.2, -0.15) is 0 Å². The highest BCUT2D eigenvalue weighted by Crippen LogP contribution is 2.14. The van der Waals surface area contributed by atoms with Crippen LogP contribution in [0.4, 0.5) is 5.82 Å². The van der Waals surface area contributed by atoms with Gasteiger partial charge in [0.05, 0.1) is 0 Å². The number of anilines is 1. The lowest BCUT2D eigenvalue weighted by atomic mass is 10.2. The molecule has 2 N–H and O–H groups in total. The van der Waals surface area contributed by atoms with Gasteiger partial charge in [0.2, 0.25) is 0 Å². The van der Waals surface area contributed by atoms with Crippen LogP contribution in [-0.4, -0.2) is 21.5 Å². The molecule has 0 atom stereocenters. The lowest BCUT2D eigenvalue weighted by Gasteiger charge is -2.22. The zero-order valence-electron chi connectivity index (χ0n) is 10.8. The number of hydrogen-bond acceptors (Lipinski definition) is 4. The van der Waals surface area contributed by atoms with E-state index in [1.54, 1.807) is 18.6 Å². The van der Waals surface area contributed by atoms with E-state index in [2.05, 4.69) is 21.8 Å². The zero-order chi connectivity index (χ0) is 13.7. The van der Waals surface area contributed by atoms with Crippen molar-refractivity contribution in [1.82, 2.24) is 9.97 Å². The second-order valence-electron chi connectivity index (χ2n) is 4.14. The number of nitrogens with zero attached hydrogens (tertiary/aromatic N) is 3. The summed E-state index contributed by atoms with van der Waals surface area (Å²) in [7, 11) is 0. The molecular weight excluding hydrogens is 256 g/mol. The van der Waals surface area contributed by atoms with Gasteiger partial charge in [0.1, 0.15) is 10.8 Å². The van der Waals surface area contributed by atoms with Gasteiger partial charge in [0.25, 0.3) is 0 Å². The van der Waals surface area contributed by atoms with Crippen LogP contribution >= 0.6 is 12.2 Å². The van der Waals surface area contributed by atoms with Gasteiger partial charge >= 0.3 is 0 Å². The molecule has 0 aliphatic heterocycles. The molecule has 19 heavy (non-hydrogen) atoms. The largest absolute Gasteiger partial charge is 0.389 e. The van der Waals surface area contributed by atoms with Crippen LogP contribution in [-0.2, 0) is 6.54 Å². The lowest BCUT2D eigenvalue weighted by Crippen LogP contribution is -2.23. The Morgan fingerprint density at radius 3 is 2.53 bits per heavy atom. The van der Waals surface area contributed by atoms with Crippen molar-refractivity contribution in [1.29, 1.82) is 0 Å². The van der Waals surface area contributed by atoms with Gasteiger partial charge in [-0.25, -0.2) is 4.98 Å². The molecule has 0 fully saturated rings. The molecule has 2 heterocycles. The van der Waals surface area contributed by atoms with Crippen LogP contribution in [0.1, 0.15) is 18.1 Å². The first-order valence-corrected chi connectivity index (χ1v) is 6.51. The normalized spacial score (nSPS) is 10.2. The van der Waals surface area contributed by atoms with Gasteiger partial charge in [-0.05, 0) is 36.8 Å². The molecule has 0 aliphatic rings. The van der Waals surface area contributed by atoms with Crippen LogP contribution in [0.2, 0.25) is 0 Å². The average Bonchev–Trinajstić information content (AvgIpc) is 2.46. The molecule has 0 aliphatic carbocycles. The van der Waals surface area contributed by atoms with E-state index < -0.39 is 0 Å². The van der Waals surface area contributed by atoms with Crippen LogP contribution in [0.5, 0.6) is 0 Å². The Morgan fingerprint density at radius 2 is 2.00 bits per heavy atom. The Hall–Kier alpha value is -2.01. The molecule has 2 aromatic heterocycles. The molecule has 0 aromatic carbocycles. The van der Waals surface area contributed by atoms with Gasteiger partial charge in [0, 0.05) is 37.2 Å². The minimum atomic E-state index is 0.372.